The summed E-state index contributed by atoms with van der Waals surface area (Å²) in [7, 11) is 0. The minimum atomic E-state index is -0.513. The summed E-state index contributed by atoms with van der Waals surface area (Å²) in [5, 5.41) is 0. The van der Waals surface area contributed by atoms with Crippen LogP contribution in [0.15, 0.2) is 42.6 Å². The molecule has 0 radical (unpaired) electrons. The number of primary amides is 1. The minimum absolute atomic E-state index is 0.348. The molecule has 0 saturated carbocycles. The average Bonchev–Trinajstić information content (AvgIpc) is 2.40. The Hall–Kier alpha value is -2.40. The fourth-order valence-electron chi connectivity index (χ4n) is 1.40. The average molecular weight is 243 g/mol. The molecule has 2 rings (SSSR count). The molecule has 0 aliphatic heterocycles. The topological polar surface area (TPSA) is 91.2 Å². The van der Waals surface area contributed by atoms with Gasteiger partial charge in [0.25, 0.3) is 0 Å². The van der Waals surface area contributed by atoms with E-state index in [4.69, 9.17) is 16.2 Å². The summed E-state index contributed by atoms with van der Waals surface area (Å²) >= 11 is 0. The van der Waals surface area contributed by atoms with E-state index >= 15 is 0 Å². The van der Waals surface area contributed by atoms with Gasteiger partial charge in [-0.2, -0.15) is 0 Å². The zero-order valence-electron chi connectivity index (χ0n) is 9.67. The van der Waals surface area contributed by atoms with Crippen molar-refractivity contribution in [3.63, 3.8) is 0 Å². The number of rotatable bonds is 4. The lowest BCUT2D eigenvalue weighted by Crippen LogP contribution is -2.10. The summed E-state index contributed by atoms with van der Waals surface area (Å²) in [6.45, 7) is 0.492. The lowest BCUT2D eigenvalue weighted by molar-refractivity contribution is 0.1000. The monoisotopic (exact) mass is 243 g/mol. The molecule has 5 nitrogen and oxygen atoms in total. The number of amides is 1. The molecule has 1 heterocycles. The van der Waals surface area contributed by atoms with Crippen molar-refractivity contribution in [1.82, 2.24) is 4.98 Å². The summed E-state index contributed by atoms with van der Waals surface area (Å²) in [4.78, 5) is 14.9. The Morgan fingerprint density at radius 3 is 2.39 bits per heavy atom. The van der Waals surface area contributed by atoms with Crippen LogP contribution in [0.5, 0.6) is 11.6 Å². The van der Waals surface area contributed by atoms with Gasteiger partial charge in [-0.1, -0.05) is 12.1 Å². The zero-order chi connectivity index (χ0) is 13.0. The fraction of sp³-hybridized carbons (Fsp3) is 0.0769. The maximum absolute atomic E-state index is 10.9. The zero-order valence-corrected chi connectivity index (χ0v) is 9.67. The molecular weight excluding hydrogens is 230 g/mol. The lowest BCUT2D eigenvalue weighted by Gasteiger charge is -2.05. The Labute approximate surface area is 104 Å². The van der Waals surface area contributed by atoms with E-state index in [9.17, 15) is 4.79 Å². The molecule has 0 aliphatic carbocycles. The summed E-state index contributed by atoms with van der Waals surface area (Å²) in [6, 6.07) is 10.5. The predicted molar refractivity (Wildman–Crippen MR) is 67.2 cm³/mol. The van der Waals surface area contributed by atoms with Gasteiger partial charge >= 0.3 is 0 Å². The van der Waals surface area contributed by atoms with Gasteiger partial charge in [-0.3, -0.25) is 4.79 Å². The van der Waals surface area contributed by atoms with Crippen molar-refractivity contribution in [1.29, 1.82) is 0 Å². The first-order valence-corrected chi connectivity index (χ1v) is 5.42. The molecule has 0 fully saturated rings. The normalized spacial score (nSPS) is 10.1. The van der Waals surface area contributed by atoms with Crippen LogP contribution in [0.1, 0.15) is 15.9 Å². The van der Waals surface area contributed by atoms with E-state index < -0.39 is 5.91 Å². The Balaban J connectivity index is 2.10. The van der Waals surface area contributed by atoms with Crippen molar-refractivity contribution in [3.8, 4) is 11.6 Å². The molecular formula is C13H13N3O2. The molecule has 0 spiro atoms. The van der Waals surface area contributed by atoms with E-state index in [0.29, 0.717) is 23.7 Å². The van der Waals surface area contributed by atoms with Gasteiger partial charge in [-0.25, -0.2) is 4.98 Å². The van der Waals surface area contributed by atoms with E-state index in [2.05, 4.69) is 4.98 Å². The number of ether oxygens (including phenoxy) is 1. The number of hydrogen-bond donors (Lipinski definition) is 2. The van der Waals surface area contributed by atoms with Gasteiger partial charge in [-0.05, 0) is 23.8 Å². The lowest BCUT2D eigenvalue weighted by atomic mass is 10.2. The van der Waals surface area contributed by atoms with Crippen LogP contribution in [-0.4, -0.2) is 10.9 Å². The highest BCUT2D eigenvalue weighted by Crippen LogP contribution is 2.19. The quantitative estimate of drug-likeness (QED) is 0.849. The number of nitrogens with zero attached hydrogens (tertiary/aromatic N) is 1. The van der Waals surface area contributed by atoms with Crippen molar-refractivity contribution >= 4 is 5.91 Å². The maximum atomic E-state index is 10.9. The second-order valence-corrected chi connectivity index (χ2v) is 3.70. The highest BCUT2D eigenvalue weighted by atomic mass is 16.5. The standard InChI is InChI=1S/C13H13N3O2/c14-7-9-1-4-11(5-2-9)18-12-6-3-10(8-16-12)13(15)17/h1-6,8H,7,14H2,(H2,15,17). The van der Waals surface area contributed by atoms with E-state index in [-0.39, 0.29) is 0 Å². The van der Waals surface area contributed by atoms with E-state index in [1.807, 2.05) is 24.3 Å². The molecule has 1 amide bonds. The van der Waals surface area contributed by atoms with Crippen LogP contribution >= 0.6 is 0 Å². The number of nitrogens with two attached hydrogens (primary N) is 2. The van der Waals surface area contributed by atoms with Crippen molar-refractivity contribution < 1.29 is 9.53 Å². The third kappa shape index (κ3) is 2.83. The molecule has 5 heteroatoms. The van der Waals surface area contributed by atoms with Crippen molar-refractivity contribution in [2.45, 2.75) is 6.54 Å². The van der Waals surface area contributed by atoms with Crippen LogP contribution in [-0.2, 0) is 6.54 Å². The molecule has 1 aromatic carbocycles. The first-order valence-electron chi connectivity index (χ1n) is 5.42. The molecule has 0 unspecified atom stereocenters. The van der Waals surface area contributed by atoms with Crippen LogP contribution in [0.3, 0.4) is 0 Å². The third-order valence-corrected chi connectivity index (χ3v) is 2.40. The largest absolute Gasteiger partial charge is 0.439 e. The first-order chi connectivity index (χ1) is 8.69. The summed E-state index contributed by atoms with van der Waals surface area (Å²) in [5.74, 6) is 0.549. The van der Waals surface area contributed by atoms with Gasteiger partial charge < -0.3 is 16.2 Å². The van der Waals surface area contributed by atoms with Crippen molar-refractivity contribution in [2.24, 2.45) is 11.5 Å². The van der Waals surface area contributed by atoms with E-state index in [1.54, 1.807) is 12.1 Å². The number of aromatic nitrogens is 1. The third-order valence-electron chi connectivity index (χ3n) is 2.40. The Kier molecular flexibility index (Phi) is 3.54. The smallest absolute Gasteiger partial charge is 0.250 e. The summed E-state index contributed by atoms with van der Waals surface area (Å²) in [6.07, 6.45) is 1.38. The molecule has 4 N–H and O–H groups in total. The molecule has 0 atom stereocenters. The summed E-state index contributed by atoms with van der Waals surface area (Å²) < 4.78 is 5.51. The minimum Gasteiger partial charge on any atom is -0.439 e. The van der Waals surface area contributed by atoms with E-state index in [1.165, 1.54) is 6.20 Å². The molecule has 0 saturated heterocycles. The molecule has 18 heavy (non-hydrogen) atoms. The molecule has 0 aliphatic rings. The van der Waals surface area contributed by atoms with Crippen molar-refractivity contribution in [2.75, 3.05) is 0 Å². The number of carbonyl (C=O) groups is 1. The Bertz CT molecular complexity index is 535. The Morgan fingerprint density at radius 2 is 1.89 bits per heavy atom. The molecule has 92 valence electrons. The molecule has 0 bridgehead atoms. The summed E-state index contributed by atoms with van der Waals surface area (Å²) in [5.41, 5.74) is 12.0. The van der Waals surface area contributed by atoms with Crippen LogP contribution < -0.4 is 16.2 Å². The van der Waals surface area contributed by atoms with Gasteiger partial charge in [0.15, 0.2) is 0 Å². The predicted octanol–water partition coefficient (Wildman–Crippen LogP) is 1.43. The van der Waals surface area contributed by atoms with Gasteiger partial charge in [0.2, 0.25) is 11.8 Å². The van der Waals surface area contributed by atoms with Crippen LogP contribution in [0, 0.1) is 0 Å². The maximum Gasteiger partial charge on any atom is 0.250 e. The SMILES string of the molecule is NCc1ccc(Oc2ccc(C(N)=O)cn2)cc1. The second kappa shape index (κ2) is 5.29. The first kappa shape index (κ1) is 12.1. The number of benzene rings is 1. The fourth-order valence-corrected chi connectivity index (χ4v) is 1.40. The number of hydrogen-bond acceptors (Lipinski definition) is 4. The highest BCUT2D eigenvalue weighted by Gasteiger charge is 2.02. The Morgan fingerprint density at radius 1 is 1.17 bits per heavy atom. The molecule has 2 aromatic rings. The van der Waals surface area contributed by atoms with Crippen LogP contribution in [0.25, 0.3) is 0 Å². The molecule has 1 aromatic heterocycles. The van der Waals surface area contributed by atoms with Gasteiger partial charge in [-0.15, -0.1) is 0 Å². The highest BCUT2D eigenvalue weighted by molar-refractivity contribution is 5.92. The van der Waals surface area contributed by atoms with Crippen molar-refractivity contribution in [3.05, 3.63) is 53.7 Å². The van der Waals surface area contributed by atoms with Crippen LogP contribution in [0.4, 0.5) is 0 Å². The van der Waals surface area contributed by atoms with Crippen LogP contribution in [0.2, 0.25) is 0 Å². The van der Waals surface area contributed by atoms with Gasteiger partial charge in [0.05, 0.1) is 5.56 Å². The number of carbonyl (C=O) groups excluding carboxylic acids is 1. The van der Waals surface area contributed by atoms with E-state index in [0.717, 1.165) is 5.56 Å². The van der Waals surface area contributed by atoms with Gasteiger partial charge in [0, 0.05) is 18.8 Å². The number of pyridine rings is 1. The second-order valence-electron chi connectivity index (χ2n) is 3.70. The van der Waals surface area contributed by atoms with Gasteiger partial charge in [0.1, 0.15) is 5.75 Å².